The van der Waals surface area contributed by atoms with E-state index in [1.165, 1.54) is 5.56 Å². The lowest BCUT2D eigenvalue weighted by Gasteiger charge is -2.25. The summed E-state index contributed by atoms with van der Waals surface area (Å²) in [7, 11) is 0. The van der Waals surface area contributed by atoms with Gasteiger partial charge in [-0.05, 0) is 23.1 Å². The van der Waals surface area contributed by atoms with E-state index in [-0.39, 0.29) is 5.56 Å². The van der Waals surface area contributed by atoms with Gasteiger partial charge in [-0.3, -0.25) is 14.8 Å². The molecule has 0 saturated carbocycles. The minimum Gasteiger partial charge on any atom is -0.294 e. The zero-order valence-electron chi connectivity index (χ0n) is 14.2. The standard InChI is InChI=1S/C20H18N4OS/c25-20-16-13-23(12-14-4-2-1-3-5-14)10-7-17(16)22-24(20)19-15-8-11-26-18(15)6-9-21-19/h1-6,8-9,11,22H,7,10,12-13H2. The van der Waals surface area contributed by atoms with Gasteiger partial charge in [-0.2, -0.15) is 0 Å². The first-order chi connectivity index (χ1) is 12.8. The fourth-order valence-electron chi connectivity index (χ4n) is 3.64. The zero-order valence-corrected chi connectivity index (χ0v) is 15.0. The van der Waals surface area contributed by atoms with Gasteiger partial charge in [-0.1, -0.05) is 30.3 Å². The Labute approximate surface area is 154 Å². The van der Waals surface area contributed by atoms with Gasteiger partial charge in [0.1, 0.15) is 0 Å². The van der Waals surface area contributed by atoms with Gasteiger partial charge in [0.2, 0.25) is 0 Å². The number of hydrogen-bond donors (Lipinski definition) is 1. The number of thiophene rings is 1. The van der Waals surface area contributed by atoms with Gasteiger partial charge in [0.25, 0.3) is 5.56 Å². The van der Waals surface area contributed by atoms with Gasteiger partial charge >= 0.3 is 0 Å². The van der Waals surface area contributed by atoms with Crippen LogP contribution in [0.3, 0.4) is 0 Å². The molecule has 1 N–H and O–H groups in total. The molecule has 5 rings (SSSR count). The van der Waals surface area contributed by atoms with Crippen LogP contribution in [-0.4, -0.2) is 26.2 Å². The molecule has 1 aliphatic rings. The van der Waals surface area contributed by atoms with E-state index in [0.29, 0.717) is 12.4 Å². The van der Waals surface area contributed by atoms with Gasteiger partial charge in [-0.15, -0.1) is 11.3 Å². The molecule has 0 radical (unpaired) electrons. The van der Waals surface area contributed by atoms with E-state index in [0.717, 1.165) is 40.9 Å². The minimum absolute atomic E-state index is 0.0176. The van der Waals surface area contributed by atoms with Crippen molar-refractivity contribution in [2.45, 2.75) is 19.5 Å². The molecule has 3 aromatic heterocycles. The molecule has 1 aliphatic heterocycles. The Kier molecular flexibility index (Phi) is 3.72. The molecule has 0 bridgehead atoms. The summed E-state index contributed by atoms with van der Waals surface area (Å²) in [6.07, 6.45) is 2.62. The zero-order chi connectivity index (χ0) is 17.5. The predicted molar refractivity (Wildman–Crippen MR) is 104 cm³/mol. The Morgan fingerprint density at radius 3 is 2.92 bits per heavy atom. The minimum atomic E-state index is 0.0176. The summed E-state index contributed by atoms with van der Waals surface area (Å²) < 4.78 is 2.76. The second kappa shape index (κ2) is 6.23. The van der Waals surface area contributed by atoms with Crippen molar-refractivity contribution in [1.82, 2.24) is 19.7 Å². The van der Waals surface area contributed by atoms with E-state index >= 15 is 0 Å². The van der Waals surface area contributed by atoms with E-state index in [1.807, 2.05) is 23.6 Å². The molecular weight excluding hydrogens is 344 g/mol. The molecule has 6 heteroatoms. The van der Waals surface area contributed by atoms with Crippen LogP contribution in [0.2, 0.25) is 0 Å². The summed E-state index contributed by atoms with van der Waals surface area (Å²) in [5.41, 5.74) is 3.19. The maximum Gasteiger partial charge on any atom is 0.277 e. The number of aromatic amines is 1. The van der Waals surface area contributed by atoms with Gasteiger partial charge in [0.05, 0.1) is 5.56 Å². The number of rotatable bonds is 3. The molecule has 0 fully saturated rings. The summed E-state index contributed by atoms with van der Waals surface area (Å²) >= 11 is 1.66. The highest BCUT2D eigenvalue weighted by Crippen LogP contribution is 2.25. The van der Waals surface area contributed by atoms with Crippen LogP contribution in [0, 0.1) is 0 Å². The number of nitrogens with one attached hydrogen (secondary N) is 1. The molecule has 0 atom stereocenters. The summed E-state index contributed by atoms with van der Waals surface area (Å²) in [6, 6.07) is 14.4. The smallest absolute Gasteiger partial charge is 0.277 e. The van der Waals surface area contributed by atoms with Crippen molar-refractivity contribution >= 4 is 21.4 Å². The number of H-pyrrole nitrogens is 1. The second-order valence-electron chi connectivity index (χ2n) is 6.62. The van der Waals surface area contributed by atoms with Crippen molar-refractivity contribution in [3.05, 3.63) is 81.2 Å². The predicted octanol–water partition coefficient (Wildman–Crippen LogP) is 3.33. The maximum absolute atomic E-state index is 13.0. The van der Waals surface area contributed by atoms with Crippen molar-refractivity contribution < 1.29 is 0 Å². The molecule has 0 aliphatic carbocycles. The molecule has 4 heterocycles. The quantitative estimate of drug-likeness (QED) is 0.608. The molecule has 26 heavy (non-hydrogen) atoms. The lowest BCUT2D eigenvalue weighted by atomic mass is 10.1. The van der Waals surface area contributed by atoms with Crippen LogP contribution in [0.25, 0.3) is 15.9 Å². The normalized spacial score (nSPS) is 14.6. The third-order valence-electron chi connectivity index (χ3n) is 4.95. The van der Waals surface area contributed by atoms with Crippen molar-refractivity contribution in [2.24, 2.45) is 0 Å². The van der Waals surface area contributed by atoms with E-state index in [4.69, 9.17) is 0 Å². The topological polar surface area (TPSA) is 53.9 Å². The number of benzene rings is 1. The highest BCUT2D eigenvalue weighted by atomic mass is 32.1. The highest BCUT2D eigenvalue weighted by molar-refractivity contribution is 7.17. The summed E-state index contributed by atoms with van der Waals surface area (Å²) in [5.74, 6) is 0.692. The average Bonchev–Trinajstić information content (AvgIpc) is 3.27. The monoisotopic (exact) mass is 362 g/mol. The number of aromatic nitrogens is 3. The van der Waals surface area contributed by atoms with Crippen LogP contribution in [0.5, 0.6) is 0 Å². The Morgan fingerprint density at radius 1 is 1.15 bits per heavy atom. The maximum atomic E-state index is 13.0. The molecule has 4 aromatic rings. The Balaban J connectivity index is 1.50. The second-order valence-corrected chi connectivity index (χ2v) is 7.57. The molecule has 5 nitrogen and oxygen atoms in total. The van der Waals surface area contributed by atoms with Crippen molar-refractivity contribution in [2.75, 3.05) is 6.54 Å². The largest absolute Gasteiger partial charge is 0.294 e. The van der Waals surface area contributed by atoms with Gasteiger partial charge in [0.15, 0.2) is 5.82 Å². The van der Waals surface area contributed by atoms with Crippen LogP contribution >= 0.6 is 11.3 Å². The molecular formula is C20H18N4OS. The summed E-state index contributed by atoms with van der Waals surface area (Å²) in [5, 5.41) is 6.35. The van der Waals surface area contributed by atoms with Crippen molar-refractivity contribution in [3.63, 3.8) is 0 Å². The molecule has 0 saturated heterocycles. The highest BCUT2D eigenvalue weighted by Gasteiger charge is 2.24. The average molecular weight is 362 g/mol. The lowest BCUT2D eigenvalue weighted by Crippen LogP contribution is -2.32. The fraction of sp³-hybridized carbons (Fsp3) is 0.200. The van der Waals surface area contributed by atoms with Gasteiger partial charge in [0, 0.05) is 48.0 Å². The van der Waals surface area contributed by atoms with E-state index < -0.39 is 0 Å². The molecule has 0 amide bonds. The number of hydrogen-bond acceptors (Lipinski definition) is 4. The first-order valence-electron chi connectivity index (χ1n) is 8.71. The van der Waals surface area contributed by atoms with Crippen molar-refractivity contribution in [1.29, 1.82) is 0 Å². The summed E-state index contributed by atoms with van der Waals surface area (Å²) in [6.45, 7) is 2.48. The molecule has 130 valence electrons. The molecule has 0 spiro atoms. The molecule has 1 aromatic carbocycles. The van der Waals surface area contributed by atoms with E-state index in [9.17, 15) is 4.79 Å². The molecule has 0 unspecified atom stereocenters. The van der Waals surface area contributed by atoms with Crippen LogP contribution in [0.15, 0.2) is 58.8 Å². The van der Waals surface area contributed by atoms with Crippen molar-refractivity contribution in [3.8, 4) is 5.82 Å². The van der Waals surface area contributed by atoms with Crippen LogP contribution in [0.1, 0.15) is 16.8 Å². The van der Waals surface area contributed by atoms with E-state index in [1.54, 1.807) is 22.2 Å². The Bertz CT molecular complexity index is 1130. The SMILES string of the molecule is O=c1c2c([nH]n1-c1nccc3sccc13)CCN(Cc1ccccc1)C2. The van der Waals surface area contributed by atoms with Gasteiger partial charge < -0.3 is 0 Å². The lowest BCUT2D eigenvalue weighted by molar-refractivity contribution is 0.244. The Morgan fingerprint density at radius 2 is 2.04 bits per heavy atom. The number of pyridine rings is 1. The van der Waals surface area contributed by atoms with Crippen LogP contribution < -0.4 is 5.56 Å². The number of fused-ring (bicyclic) bond motifs is 2. The van der Waals surface area contributed by atoms with Gasteiger partial charge in [-0.25, -0.2) is 9.67 Å². The first-order valence-corrected chi connectivity index (χ1v) is 9.59. The van der Waals surface area contributed by atoms with Crippen LogP contribution in [0.4, 0.5) is 0 Å². The third kappa shape index (κ3) is 2.58. The third-order valence-corrected chi connectivity index (χ3v) is 5.83. The Hall–Kier alpha value is -2.70. The summed E-state index contributed by atoms with van der Waals surface area (Å²) in [4.78, 5) is 19.8. The fourth-order valence-corrected chi connectivity index (χ4v) is 4.42. The number of nitrogens with zero attached hydrogens (tertiary/aromatic N) is 3. The first kappa shape index (κ1) is 15.5. The van der Waals surface area contributed by atoms with E-state index in [2.05, 4.69) is 39.2 Å². The van der Waals surface area contributed by atoms with Crippen LogP contribution in [-0.2, 0) is 19.5 Å².